The number of benzene rings is 2. The number of hydrogen-bond donors (Lipinski definition) is 2. The molecular weight excluding hydrogens is 344 g/mol. The quantitative estimate of drug-likeness (QED) is 0.855. The molecule has 26 heavy (non-hydrogen) atoms. The van der Waals surface area contributed by atoms with Gasteiger partial charge in [0.25, 0.3) is 11.8 Å². The maximum atomic E-state index is 13.5. The summed E-state index contributed by atoms with van der Waals surface area (Å²) in [6, 6.07) is 8.76. The summed E-state index contributed by atoms with van der Waals surface area (Å²) in [6.45, 7) is -0.395. The molecule has 0 spiro atoms. The molecule has 0 atom stereocenters. The highest BCUT2D eigenvalue weighted by atomic mass is 19.1. The van der Waals surface area contributed by atoms with Gasteiger partial charge in [-0.05, 0) is 36.4 Å². The molecule has 0 aliphatic rings. The third kappa shape index (κ3) is 4.85. The van der Waals surface area contributed by atoms with Gasteiger partial charge in [0.2, 0.25) is 5.91 Å². The number of carbonyl (C=O) groups excluding carboxylic acids is 3. The molecule has 0 heterocycles. The van der Waals surface area contributed by atoms with E-state index < -0.39 is 30.0 Å². The van der Waals surface area contributed by atoms with Crippen molar-refractivity contribution in [2.75, 3.05) is 26.0 Å². The molecule has 6 nitrogen and oxygen atoms in total. The number of nitrogens with one attached hydrogen (secondary N) is 2. The van der Waals surface area contributed by atoms with E-state index in [4.69, 9.17) is 0 Å². The first-order chi connectivity index (χ1) is 12.3. The van der Waals surface area contributed by atoms with Gasteiger partial charge >= 0.3 is 0 Å². The zero-order valence-electron chi connectivity index (χ0n) is 14.2. The van der Waals surface area contributed by atoms with Crippen LogP contribution < -0.4 is 10.6 Å². The van der Waals surface area contributed by atoms with Crippen LogP contribution >= 0.6 is 0 Å². The minimum absolute atomic E-state index is 0.170. The van der Waals surface area contributed by atoms with Gasteiger partial charge in [0, 0.05) is 31.4 Å². The molecular formula is C18H17F2N3O3. The molecule has 3 amide bonds. The Morgan fingerprint density at radius 3 is 2.23 bits per heavy atom. The van der Waals surface area contributed by atoms with E-state index in [1.807, 2.05) is 0 Å². The third-order valence-electron chi connectivity index (χ3n) is 3.41. The van der Waals surface area contributed by atoms with Gasteiger partial charge in [-0.2, -0.15) is 0 Å². The Kier molecular flexibility index (Phi) is 6.00. The standard InChI is InChI=1S/C18H17F2N3O3/c1-23(2)18(26)11-3-6-13(7-4-11)22-16(24)10-21-17(25)14-8-5-12(19)9-15(14)20/h3-9H,10H2,1-2H3,(H,21,25)(H,22,24). The summed E-state index contributed by atoms with van der Waals surface area (Å²) in [5, 5.41) is 4.79. The van der Waals surface area contributed by atoms with Crippen molar-refractivity contribution in [3.63, 3.8) is 0 Å². The highest BCUT2D eigenvalue weighted by molar-refractivity contribution is 6.00. The van der Waals surface area contributed by atoms with Crippen LogP contribution in [0.25, 0.3) is 0 Å². The average Bonchev–Trinajstić information content (AvgIpc) is 2.59. The number of rotatable bonds is 5. The fourth-order valence-electron chi connectivity index (χ4n) is 2.09. The first kappa shape index (κ1) is 19.0. The van der Waals surface area contributed by atoms with Crippen molar-refractivity contribution >= 4 is 23.4 Å². The molecule has 0 aromatic heterocycles. The van der Waals surface area contributed by atoms with Crippen LogP contribution in [0.15, 0.2) is 42.5 Å². The van der Waals surface area contributed by atoms with Crippen molar-refractivity contribution in [1.29, 1.82) is 0 Å². The molecule has 8 heteroatoms. The van der Waals surface area contributed by atoms with Gasteiger partial charge < -0.3 is 15.5 Å². The first-order valence-electron chi connectivity index (χ1n) is 7.62. The minimum Gasteiger partial charge on any atom is -0.345 e. The van der Waals surface area contributed by atoms with E-state index in [9.17, 15) is 23.2 Å². The van der Waals surface area contributed by atoms with Gasteiger partial charge in [-0.1, -0.05) is 0 Å². The molecule has 0 aliphatic carbocycles. The van der Waals surface area contributed by atoms with Crippen molar-refractivity contribution in [2.24, 2.45) is 0 Å². The van der Waals surface area contributed by atoms with Gasteiger partial charge in [-0.25, -0.2) is 8.78 Å². The molecule has 0 bridgehead atoms. The lowest BCUT2D eigenvalue weighted by atomic mass is 10.2. The van der Waals surface area contributed by atoms with Crippen molar-refractivity contribution in [2.45, 2.75) is 0 Å². The SMILES string of the molecule is CN(C)C(=O)c1ccc(NC(=O)CNC(=O)c2ccc(F)cc2F)cc1. The Morgan fingerprint density at radius 1 is 1.00 bits per heavy atom. The summed E-state index contributed by atoms with van der Waals surface area (Å²) in [4.78, 5) is 36.9. The summed E-state index contributed by atoms with van der Waals surface area (Å²) >= 11 is 0. The maximum absolute atomic E-state index is 13.5. The Hall–Kier alpha value is -3.29. The van der Waals surface area contributed by atoms with E-state index in [0.29, 0.717) is 17.3 Å². The molecule has 2 aromatic carbocycles. The van der Waals surface area contributed by atoms with E-state index in [-0.39, 0.29) is 11.5 Å². The number of nitrogens with zero attached hydrogens (tertiary/aromatic N) is 1. The summed E-state index contributed by atoms with van der Waals surface area (Å²) in [7, 11) is 3.26. The van der Waals surface area contributed by atoms with Crippen LogP contribution in [0.1, 0.15) is 20.7 Å². The molecule has 136 valence electrons. The molecule has 0 saturated carbocycles. The third-order valence-corrected chi connectivity index (χ3v) is 3.41. The fourth-order valence-corrected chi connectivity index (χ4v) is 2.09. The van der Waals surface area contributed by atoms with Crippen molar-refractivity contribution in [3.05, 3.63) is 65.2 Å². The van der Waals surface area contributed by atoms with Gasteiger partial charge in [0.05, 0.1) is 12.1 Å². The largest absolute Gasteiger partial charge is 0.345 e. The van der Waals surface area contributed by atoms with Crippen molar-refractivity contribution in [1.82, 2.24) is 10.2 Å². The molecule has 2 rings (SSSR count). The highest BCUT2D eigenvalue weighted by Gasteiger charge is 2.14. The van der Waals surface area contributed by atoms with Crippen LogP contribution in [0.4, 0.5) is 14.5 Å². The van der Waals surface area contributed by atoms with Gasteiger partial charge in [-0.3, -0.25) is 14.4 Å². The number of hydrogen-bond acceptors (Lipinski definition) is 3. The summed E-state index contributed by atoms with van der Waals surface area (Å²) in [6.07, 6.45) is 0. The summed E-state index contributed by atoms with van der Waals surface area (Å²) in [5.74, 6) is -3.34. The van der Waals surface area contributed by atoms with E-state index in [2.05, 4.69) is 10.6 Å². The van der Waals surface area contributed by atoms with Crippen molar-refractivity contribution < 1.29 is 23.2 Å². The predicted octanol–water partition coefficient (Wildman–Crippen LogP) is 2.04. The van der Waals surface area contributed by atoms with Crippen LogP contribution in [0.3, 0.4) is 0 Å². The lowest BCUT2D eigenvalue weighted by molar-refractivity contribution is -0.115. The molecule has 2 aromatic rings. The van der Waals surface area contributed by atoms with Crippen LogP contribution in [-0.4, -0.2) is 43.3 Å². The molecule has 0 unspecified atom stereocenters. The summed E-state index contributed by atoms with van der Waals surface area (Å²) in [5.41, 5.74) is 0.548. The zero-order valence-corrected chi connectivity index (χ0v) is 14.2. The summed E-state index contributed by atoms with van der Waals surface area (Å²) < 4.78 is 26.3. The molecule has 0 radical (unpaired) electrons. The molecule has 0 fully saturated rings. The van der Waals surface area contributed by atoms with E-state index in [1.165, 1.54) is 4.90 Å². The Labute approximate surface area is 148 Å². The lowest BCUT2D eigenvalue weighted by Gasteiger charge is -2.11. The van der Waals surface area contributed by atoms with E-state index in [1.54, 1.807) is 38.4 Å². The normalized spacial score (nSPS) is 10.2. The fraction of sp³-hybridized carbons (Fsp3) is 0.167. The monoisotopic (exact) mass is 361 g/mol. The Balaban J connectivity index is 1.90. The second-order valence-corrected chi connectivity index (χ2v) is 5.63. The second kappa shape index (κ2) is 8.19. The number of anilines is 1. The topological polar surface area (TPSA) is 78.5 Å². The van der Waals surface area contributed by atoms with Gasteiger partial charge in [0.1, 0.15) is 11.6 Å². The Bertz CT molecular complexity index is 836. The maximum Gasteiger partial charge on any atom is 0.254 e. The first-order valence-corrected chi connectivity index (χ1v) is 7.62. The van der Waals surface area contributed by atoms with Crippen molar-refractivity contribution in [3.8, 4) is 0 Å². The van der Waals surface area contributed by atoms with Crippen LogP contribution in [0.2, 0.25) is 0 Å². The van der Waals surface area contributed by atoms with Crippen LogP contribution in [0.5, 0.6) is 0 Å². The van der Waals surface area contributed by atoms with E-state index >= 15 is 0 Å². The van der Waals surface area contributed by atoms with Crippen LogP contribution in [-0.2, 0) is 4.79 Å². The number of amides is 3. The van der Waals surface area contributed by atoms with Crippen LogP contribution in [0, 0.1) is 11.6 Å². The van der Waals surface area contributed by atoms with Gasteiger partial charge in [-0.15, -0.1) is 0 Å². The zero-order chi connectivity index (χ0) is 19.3. The second-order valence-electron chi connectivity index (χ2n) is 5.63. The van der Waals surface area contributed by atoms with Gasteiger partial charge in [0.15, 0.2) is 0 Å². The lowest BCUT2D eigenvalue weighted by Crippen LogP contribution is -2.33. The number of carbonyl (C=O) groups is 3. The average molecular weight is 361 g/mol. The smallest absolute Gasteiger partial charge is 0.254 e. The highest BCUT2D eigenvalue weighted by Crippen LogP contribution is 2.11. The Morgan fingerprint density at radius 2 is 1.65 bits per heavy atom. The minimum atomic E-state index is -1.01. The van der Waals surface area contributed by atoms with E-state index in [0.717, 1.165) is 12.1 Å². The molecule has 2 N–H and O–H groups in total. The number of halogens is 2. The predicted molar refractivity (Wildman–Crippen MR) is 91.8 cm³/mol. The molecule has 0 aliphatic heterocycles. The molecule has 0 saturated heterocycles.